The van der Waals surface area contributed by atoms with Crippen molar-refractivity contribution in [1.29, 1.82) is 0 Å². The van der Waals surface area contributed by atoms with Crippen molar-refractivity contribution in [2.45, 2.75) is 31.8 Å². The molecule has 25 heavy (non-hydrogen) atoms. The molecule has 2 amide bonds. The molecule has 0 saturated carbocycles. The van der Waals surface area contributed by atoms with Crippen molar-refractivity contribution >= 4 is 34.6 Å². The standard InChI is InChI=1S/C18H24N4O2S/c1-13(23)20-16(8-10-25-2)18(24)21-9-7-14(11-21)22-12-19-15-5-3-4-6-17(15)22/h3-6,12,14,16H,7-11H2,1-2H3,(H,20,23)/t14-,16+/m0/s1. The minimum Gasteiger partial charge on any atom is -0.345 e. The molecule has 1 aliphatic heterocycles. The maximum Gasteiger partial charge on any atom is 0.245 e. The molecule has 0 radical (unpaired) electrons. The van der Waals surface area contributed by atoms with E-state index in [2.05, 4.69) is 20.9 Å². The number of likely N-dealkylation sites (tertiary alicyclic amines) is 1. The van der Waals surface area contributed by atoms with Gasteiger partial charge in [0.2, 0.25) is 11.8 Å². The van der Waals surface area contributed by atoms with Gasteiger partial charge in [0.1, 0.15) is 6.04 Å². The molecule has 7 heteroatoms. The van der Waals surface area contributed by atoms with E-state index in [9.17, 15) is 9.59 Å². The van der Waals surface area contributed by atoms with Crippen LogP contribution in [0.5, 0.6) is 0 Å². The van der Waals surface area contributed by atoms with Gasteiger partial charge >= 0.3 is 0 Å². The van der Waals surface area contributed by atoms with Crippen LogP contribution in [0.3, 0.4) is 0 Å². The second-order valence-corrected chi connectivity index (χ2v) is 7.39. The zero-order valence-corrected chi connectivity index (χ0v) is 15.5. The number of benzene rings is 1. The third kappa shape index (κ3) is 3.98. The van der Waals surface area contributed by atoms with Gasteiger partial charge in [0.15, 0.2) is 0 Å². The van der Waals surface area contributed by atoms with E-state index in [1.54, 1.807) is 11.8 Å². The minimum atomic E-state index is -0.428. The summed E-state index contributed by atoms with van der Waals surface area (Å²) in [5.74, 6) is 0.715. The molecule has 1 aromatic carbocycles. The van der Waals surface area contributed by atoms with E-state index < -0.39 is 6.04 Å². The topological polar surface area (TPSA) is 67.2 Å². The Morgan fingerprint density at radius 3 is 2.96 bits per heavy atom. The van der Waals surface area contributed by atoms with Crippen molar-refractivity contribution in [1.82, 2.24) is 19.8 Å². The Balaban J connectivity index is 1.70. The third-order valence-corrected chi connectivity index (χ3v) is 5.28. The highest BCUT2D eigenvalue weighted by atomic mass is 32.2. The molecular weight excluding hydrogens is 336 g/mol. The van der Waals surface area contributed by atoms with Gasteiger partial charge in [-0.1, -0.05) is 12.1 Å². The van der Waals surface area contributed by atoms with Crippen LogP contribution in [0.25, 0.3) is 11.0 Å². The van der Waals surface area contributed by atoms with Crippen molar-refractivity contribution in [3.05, 3.63) is 30.6 Å². The average Bonchev–Trinajstić information content (AvgIpc) is 3.24. The van der Waals surface area contributed by atoms with Crippen molar-refractivity contribution in [2.75, 3.05) is 25.1 Å². The van der Waals surface area contributed by atoms with Gasteiger partial charge in [-0.2, -0.15) is 11.8 Å². The largest absolute Gasteiger partial charge is 0.345 e. The van der Waals surface area contributed by atoms with Gasteiger partial charge in [-0.25, -0.2) is 4.98 Å². The Morgan fingerprint density at radius 2 is 2.20 bits per heavy atom. The summed E-state index contributed by atoms with van der Waals surface area (Å²) in [5.41, 5.74) is 2.07. The van der Waals surface area contributed by atoms with E-state index >= 15 is 0 Å². The van der Waals surface area contributed by atoms with Gasteiger partial charge in [0.05, 0.1) is 23.4 Å². The van der Waals surface area contributed by atoms with Crippen molar-refractivity contribution < 1.29 is 9.59 Å². The molecule has 0 bridgehead atoms. The molecule has 0 spiro atoms. The lowest BCUT2D eigenvalue weighted by molar-refractivity contribution is -0.135. The summed E-state index contributed by atoms with van der Waals surface area (Å²) in [7, 11) is 0. The number of amides is 2. The van der Waals surface area contributed by atoms with Crippen LogP contribution in [-0.4, -0.2) is 57.4 Å². The average molecular weight is 360 g/mol. The fraction of sp³-hybridized carbons (Fsp3) is 0.500. The summed E-state index contributed by atoms with van der Waals surface area (Å²) < 4.78 is 2.16. The van der Waals surface area contributed by atoms with Gasteiger partial charge < -0.3 is 14.8 Å². The Hall–Kier alpha value is -2.02. The molecule has 1 fully saturated rings. The lowest BCUT2D eigenvalue weighted by atomic mass is 10.2. The van der Waals surface area contributed by atoms with Crippen molar-refractivity contribution in [2.24, 2.45) is 0 Å². The minimum absolute atomic E-state index is 0.0242. The SMILES string of the molecule is CSCC[C@@H](NC(C)=O)C(=O)N1CC[C@H](n2cnc3ccccc32)C1. The zero-order valence-electron chi connectivity index (χ0n) is 14.6. The summed E-state index contributed by atoms with van der Waals surface area (Å²) in [6.07, 6.45) is 5.43. The van der Waals surface area contributed by atoms with Gasteiger partial charge in [0, 0.05) is 20.0 Å². The lowest BCUT2D eigenvalue weighted by Crippen LogP contribution is -2.47. The van der Waals surface area contributed by atoms with Crippen LogP contribution in [0, 0.1) is 0 Å². The van der Waals surface area contributed by atoms with Crippen LogP contribution in [0.2, 0.25) is 0 Å². The molecular formula is C18H24N4O2S. The second-order valence-electron chi connectivity index (χ2n) is 6.40. The summed E-state index contributed by atoms with van der Waals surface area (Å²) in [5, 5.41) is 2.81. The van der Waals surface area contributed by atoms with Crippen molar-refractivity contribution in [3.63, 3.8) is 0 Å². The molecule has 6 nitrogen and oxygen atoms in total. The Morgan fingerprint density at radius 1 is 1.40 bits per heavy atom. The third-order valence-electron chi connectivity index (χ3n) is 4.64. The number of fused-ring (bicyclic) bond motifs is 1. The fourth-order valence-electron chi connectivity index (χ4n) is 3.40. The molecule has 2 aromatic rings. The molecule has 0 aliphatic carbocycles. The summed E-state index contributed by atoms with van der Waals surface area (Å²) in [6, 6.07) is 7.85. The van der Waals surface area contributed by atoms with E-state index in [-0.39, 0.29) is 17.9 Å². The number of nitrogens with one attached hydrogen (secondary N) is 1. The monoisotopic (exact) mass is 360 g/mol. The Kier molecular flexibility index (Phi) is 5.63. The number of para-hydroxylation sites is 2. The first-order valence-electron chi connectivity index (χ1n) is 8.56. The molecule has 134 valence electrons. The number of aromatic nitrogens is 2. The van der Waals surface area contributed by atoms with Crippen LogP contribution >= 0.6 is 11.8 Å². The molecule has 3 rings (SSSR count). The van der Waals surface area contributed by atoms with E-state index in [0.717, 1.165) is 23.2 Å². The number of nitrogens with zero attached hydrogens (tertiary/aromatic N) is 3. The summed E-state index contributed by atoms with van der Waals surface area (Å²) in [4.78, 5) is 30.6. The first-order chi connectivity index (χ1) is 12.1. The van der Waals surface area contributed by atoms with Crippen LogP contribution in [0.1, 0.15) is 25.8 Å². The highest BCUT2D eigenvalue weighted by molar-refractivity contribution is 7.98. The molecule has 2 heterocycles. The second kappa shape index (κ2) is 7.91. The molecule has 1 N–H and O–H groups in total. The summed E-state index contributed by atoms with van der Waals surface area (Å²) in [6.45, 7) is 2.84. The van der Waals surface area contributed by atoms with E-state index in [1.165, 1.54) is 6.92 Å². The van der Waals surface area contributed by atoms with Crippen LogP contribution in [-0.2, 0) is 9.59 Å². The predicted octanol–water partition coefficient (Wildman–Crippen LogP) is 2.07. The maximum absolute atomic E-state index is 12.8. The molecule has 1 saturated heterocycles. The summed E-state index contributed by atoms with van der Waals surface area (Å²) >= 11 is 1.68. The first-order valence-corrected chi connectivity index (χ1v) is 9.96. The lowest BCUT2D eigenvalue weighted by Gasteiger charge is -2.24. The Labute approximate surface area is 152 Å². The van der Waals surface area contributed by atoms with E-state index in [4.69, 9.17) is 0 Å². The number of imidazole rings is 1. The number of hydrogen-bond donors (Lipinski definition) is 1. The Bertz CT molecular complexity index is 760. The molecule has 0 unspecified atom stereocenters. The zero-order chi connectivity index (χ0) is 17.8. The number of rotatable bonds is 6. The van der Waals surface area contributed by atoms with Gasteiger partial charge in [-0.05, 0) is 37.0 Å². The van der Waals surface area contributed by atoms with Gasteiger partial charge in [0.25, 0.3) is 0 Å². The quantitative estimate of drug-likeness (QED) is 0.856. The van der Waals surface area contributed by atoms with Gasteiger partial charge in [-0.3, -0.25) is 9.59 Å². The number of carbonyl (C=O) groups is 2. The number of hydrogen-bond acceptors (Lipinski definition) is 4. The van der Waals surface area contributed by atoms with Gasteiger partial charge in [-0.15, -0.1) is 0 Å². The van der Waals surface area contributed by atoms with Crippen molar-refractivity contribution in [3.8, 4) is 0 Å². The number of thioether (sulfide) groups is 1. The molecule has 1 aliphatic rings. The maximum atomic E-state index is 12.8. The smallest absolute Gasteiger partial charge is 0.245 e. The van der Waals surface area contributed by atoms with Crippen LogP contribution in [0.4, 0.5) is 0 Å². The first kappa shape index (κ1) is 17.8. The van der Waals surface area contributed by atoms with E-state index in [1.807, 2.05) is 35.7 Å². The van der Waals surface area contributed by atoms with Crippen LogP contribution in [0.15, 0.2) is 30.6 Å². The fourth-order valence-corrected chi connectivity index (χ4v) is 3.87. The predicted molar refractivity (Wildman–Crippen MR) is 101 cm³/mol. The highest BCUT2D eigenvalue weighted by Gasteiger charge is 2.32. The highest BCUT2D eigenvalue weighted by Crippen LogP contribution is 2.26. The normalized spacial score (nSPS) is 18.5. The van der Waals surface area contributed by atoms with E-state index in [0.29, 0.717) is 19.5 Å². The molecule has 2 atom stereocenters. The van der Waals surface area contributed by atoms with Crippen LogP contribution < -0.4 is 5.32 Å². The number of carbonyl (C=O) groups excluding carboxylic acids is 2. The molecule has 1 aromatic heterocycles.